The van der Waals surface area contributed by atoms with Crippen LogP contribution < -0.4 is 4.74 Å². The number of hydrogen-bond donors (Lipinski definition) is 1. The number of esters is 1. The van der Waals surface area contributed by atoms with E-state index < -0.39 is 11.6 Å². The van der Waals surface area contributed by atoms with Crippen molar-refractivity contribution < 1.29 is 19.4 Å². The van der Waals surface area contributed by atoms with E-state index in [0.717, 1.165) is 11.3 Å². The molecule has 0 heterocycles. The number of ether oxygens (including phenoxy) is 2. The summed E-state index contributed by atoms with van der Waals surface area (Å²) in [5.41, 5.74) is -0.559. The van der Waals surface area contributed by atoms with Gasteiger partial charge in [-0.1, -0.05) is 32.4 Å². The van der Waals surface area contributed by atoms with Gasteiger partial charge in [-0.05, 0) is 37.5 Å². The first-order valence-electron chi connectivity index (χ1n) is 7.56. The van der Waals surface area contributed by atoms with Crippen molar-refractivity contribution in [2.75, 3.05) is 13.7 Å². The first kappa shape index (κ1) is 17.5. The standard InChI is InChI=1S/C17H26O4/c1-5-12-17(19,16(18)21-7-3)15(6-2)13-8-10-14(20-4)11-9-13/h8-11,15,19H,5-7,12H2,1-4H3. The van der Waals surface area contributed by atoms with Crippen molar-refractivity contribution in [1.29, 1.82) is 0 Å². The van der Waals surface area contributed by atoms with Gasteiger partial charge in [-0.2, -0.15) is 0 Å². The Morgan fingerprint density at radius 3 is 2.29 bits per heavy atom. The molecular formula is C17H26O4. The van der Waals surface area contributed by atoms with E-state index in [9.17, 15) is 9.90 Å². The molecular weight excluding hydrogens is 268 g/mol. The third-order valence-electron chi connectivity index (χ3n) is 3.76. The van der Waals surface area contributed by atoms with E-state index in [2.05, 4.69) is 0 Å². The molecule has 0 aromatic heterocycles. The highest BCUT2D eigenvalue weighted by atomic mass is 16.5. The lowest BCUT2D eigenvalue weighted by molar-refractivity contribution is -0.169. The quantitative estimate of drug-likeness (QED) is 0.748. The molecule has 21 heavy (non-hydrogen) atoms. The Morgan fingerprint density at radius 1 is 1.24 bits per heavy atom. The number of carbonyl (C=O) groups excluding carboxylic acids is 1. The highest BCUT2D eigenvalue weighted by Gasteiger charge is 2.44. The maximum atomic E-state index is 12.3. The molecule has 0 aliphatic rings. The summed E-state index contributed by atoms with van der Waals surface area (Å²) in [7, 11) is 1.61. The number of rotatable bonds is 8. The largest absolute Gasteiger partial charge is 0.497 e. The number of carbonyl (C=O) groups is 1. The molecule has 0 saturated carbocycles. The lowest BCUT2D eigenvalue weighted by Gasteiger charge is -2.33. The molecule has 0 spiro atoms. The second-order valence-electron chi connectivity index (χ2n) is 5.13. The van der Waals surface area contributed by atoms with Crippen molar-refractivity contribution >= 4 is 5.97 Å². The monoisotopic (exact) mass is 294 g/mol. The zero-order chi connectivity index (χ0) is 15.9. The van der Waals surface area contributed by atoms with E-state index in [4.69, 9.17) is 9.47 Å². The van der Waals surface area contributed by atoms with Crippen LogP contribution in [-0.4, -0.2) is 30.4 Å². The summed E-state index contributed by atoms with van der Waals surface area (Å²) in [4.78, 5) is 12.3. The minimum absolute atomic E-state index is 0.268. The Bertz CT molecular complexity index is 441. The molecule has 0 saturated heterocycles. The van der Waals surface area contributed by atoms with Crippen molar-refractivity contribution in [3.63, 3.8) is 0 Å². The maximum absolute atomic E-state index is 12.3. The van der Waals surface area contributed by atoms with Gasteiger partial charge in [-0.25, -0.2) is 4.79 Å². The zero-order valence-electron chi connectivity index (χ0n) is 13.4. The van der Waals surface area contributed by atoms with Gasteiger partial charge < -0.3 is 14.6 Å². The summed E-state index contributed by atoms with van der Waals surface area (Å²) in [6.07, 6.45) is 1.75. The van der Waals surface area contributed by atoms with Crippen molar-refractivity contribution in [2.24, 2.45) is 0 Å². The number of methoxy groups -OCH3 is 1. The van der Waals surface area contributed by atoms with E-state index in [1.165, 1.54) is 0 Å². The predicted octanol–water partition coefficient (Wildman–Crippen LogP) is 3.28. The fourth-order valence-corrected chi connectivity index (χ4v) is 2.74. The maximum Gasteiger partial charge on any atom is 0.338 e. The Balaban J connectivity index is 3.13. The first-order valence-corrected chi connectivity index (χ1v) is 7.56. The molecule has 2 unspecified atom stereocenters. The van der Waals surface area contributed by atoms with Crippen molar-refractivity contribution in [3.8, 4) is 5.75 Å². The fourth-order valence-electron chi connectivity index (χ4n) is 2.74. The Morgan fingerprint density at radius 2 is 1.86 bits per heavy atom. The van der Waals surface area contributed by atoms with E-state index in [0.29, 0.717) is 19.3 Å². The van der Waals surface area contributed by atoms with Gasteiger partial charge in [0, 0.05) is 5.92 Å². The van der Waals surface area contributed by atoms with Crippen LogP contribution in [-0.2, 0) is 9.53 Å². The Labute approximate surface area is 127 Å². The van der Waals surface area contributed by atoms with Crippen LogP contribution in [0.1, 0.15) is 51.5 Å². The lowest BCUT2D eigenvalue weighted by Crippen LogP contribution is -2.45. The van der Waals surface area contributed by atoms with Crippen molar-refractivity contribution in [3.05, 3.63) is 29.8 Å². The van der Waals surface area contributed by atoms with Crippen LogP contribution in [0.15, 0.2) is 24.3 Å². The molecule has 1 rings (SSSR count). The first-order chi connectivity index (χ1) is 10.0. The minimum atomic E-state index is -1.48. The fraction of sp³-hybridized carbons (Fsp3) is 0.588. The summed E-state index contributed by atoms with van der Waals surface area (Å²) >= 11 is 0. The van der Waals surface area contributed by atoms with Crippen LogP contribution in [0.5, 0.6) is 5.75 Å². The van der Waals surface area contributed by atoms with Gasteiger partial charge in [-0.3, -0.25) is 0 Å². The zero-order valence-corrected chi connectivity index (χ0v) is 13.4. The molecule has 4 nitrogen and oxygen atoms in total. The van der Waals surface area contributed by atoms with E-state index in [-0.39, 0.29) is 12.5 Å². The third-order valence-corrected chi connectivity index (χ3v) is 3.76. The van der Waals surface area contributed by atoms with Crippen molar-refractivity contribution in [2.45, 2.75) is 51.6 Å². The second kappa shape index (κ2) is 8.03. The van der Waals surface area contributed by atoms with Gasteiger partial charge in [-0.15, -0.1) is 0 Å². The van der Waals surface area contributed by atoms with Gasteiger partial charge in [0.2, 0.25) is 0 Å². The SMILES string of the molecule is CCCC(O)(C(=O)OCC)C(CC)c1ccc(OC)cc1. The van der Waals surface area contributed by atoms with Crippen LogP contribution in [0.4, 0.5) is 0 Å². The summed E-state index contributed by atoms with van der Waals surface area (Å²) in [5, 5.41) is 10.9. The van der Waals surface area contributed by atoms with Crippen LogP contribution in [0.25, 0.3) is 0 Å². The van der Waals surface area contributed by atoms with E-state index in [1.807, 2.05) is 38.1 Å². The second-order valence-corrected chi connectivity index (χ2v) is 5.13. The summed E-state index contributed by atoms with van der Waals surface area (Å²) in [6, 6.07) is 7.48. The van der Waals surface area contributed by atoms with Gasteiger partial charge in [0.15, 0.2) is 5.60 Å². The molecule has 1 aromatic rings. The highest BCUT2D eigenvalue weighted by molar-refractivity contribution is 5.80. The highest BCUT2D eigenvalue weighted by Crippen LogP contribution is 2.36. The van der Waals surface area contributed by atoms with Gasteiger partial charge >= 0.3 is 5.97 Å². The molecule has 2 atom stereocenters. The van der Waals surface area contributed by atoms with Crippen LogP contribution in [0, 0.1) is 0 Å². The molecule has 0 amide bonds. The average molecular weight is 294 g/mol. The Kier molecular flexibility index (Phi) is 6.69. The predicted molar refractivity (Wildman–Crippen MR) is 82.5 cm³/mol. The van der Waals surface area contributed by atoms with Gasteiger partial charge in [0.05, 0.1) is 13.7 Å². The van der Waals surface area contributed by atoms with Gasteiger partial charge in [0.25, 0.3) is 0 Å². The number of aliphatic hydroxyl groups is 1. The lowest BCUT2D eigenvalue weighted by atomic mass is 9.77. The Hall–Kier alpha value is -1.55. The number of benzene rings is 1. The molecule has 0 radical (unpaired) electrons. The number of hydrogen-bond acceptors (Lipinski definition) is 4. The van der Waals surface area contributed by atoms with Crippen LogP contribution in [0.3, 0.4) is 0 Å². The summed E-state index contributed by atoms with van der Waals surface area (Å²) < 4.78 is 10.2. The summed E-state index contributed by atoms with van der Waals surface area (Å²) in [5.74, 6) is -0.0688. The van der Waals surface area contributed by atoms with E-state index >= 15 is 0 Å². The molecule has 1 aromatic carbocycles. The topological polar surface area (TPSA) is 55.8 Å². The molecule has 0 bridgehead atoms. The summed E-state index contributed by atoms with van der Waals surface area (Å²) in [6.45, 7) is 5.93. The molecule has 0 aliphatic heterocycles. The molecule has 118 valence electrons. The normalized spacial score (nSPS) is 15.1. The third kappa shape index (κ3) is 3.97. The van der Waals surface area contributed by atoms with Crippen LogP contribution in [0.2, 0.25) is 0 Å². The minimum Gasteiger partial charge on any atom is -0.497 e. The molecule has 0 fully saturated rings. The van der Waals surface area contributed by atoms with Crippen molar-refractivity contribution in [1.82, 2.24) is 0 Å². The average Bonchev–Trinajstić information content (AvgIpc) is 2.49. The van der Waals surface area contributed by atoms with Gasteiger partial charge in [0.1, 0.15) is 5.75 Å². The smallest absolute Gasteiger partial charge is 0.338 e. The molecule has 4 heteroatoms. The molecule has 1 N–H and O–H groups in total. The van der Waals surface area contributed by atoms with Crippen LogP contribution >= 0.6 is 0 Å². The van der Waals surface area contributed by atoms with E-state index in [1.54, 1.807) is 14.0 Å². The molecule has 0 aliphatic carbocycles.